The molecule has 0 aliphatic rings. The summed E-state index contributed by atoms with van der Waals surface area (Å²) < 4.78 is 2.07. The number of aromatic nitrogens is 3. The SMILES string of the molecule is CC(C)n1cnnc1SCc1ccc(-c2ccccc2C#N)cc1. The average Bonchev–Trinajstić information content (AvgIpc) is 3.09. The molecular weight excluding hydrogens is 316 g/mol. The van der Waals surface area contributed by atoms with Gasteiger partial charge in [-0.25, -0.2) is 0 Å². The van der Waals surface area contributed by atoms with E-state index in [4.69, 9.17) is 0 Å². The third-order valence-corrected chi connectivity index (χ3v) is 4.81. The average molecular weight is 334 g/mol. The molecular formula is C19H18N4S. The topological polar surface area (TPSA) is 54.5 Å². The fourth-order valence-electron chi connectivity index (χ4n) is 2.45. The van der Waals surface area contributed by atoms with Crippen LogP contribution < -0.4 is 0 Å². The zero-order chi connectivity index (χ0) is 16.9. The van der Waals surface area contributed by atoms with Crippen LogP contribution in [0.5, 0.6) is 0 Å². The molecule has 4 nitrogen and oxygen atoms in total. The summed E-state index contributed by atoms with van der Waals surface area (Å²) in [5.74, 6) is 0.839. The van der Waals surface area contributed by atoms with Crippen molar-refractivity contribution >= 4 is 11.8 Å². The van der Waals surface area contributed by atoms with Crippen LogP contribution in [0, 0.1) is 11.3 Å². The first-order valence-corrected chi connectivity index (χ1v) is 8.78. The van der Waals surface area contributed by atoms with Crippen molar-refractivity contribution in [3.8, 4) is 17.2 Å². The Hall–Kier alpha value is -2.58. The van der Waals surface area contributed by atoms with Gasteiger partial charge in [-0.05, 0) is 36.6 Å². The van der Waals surface area contributed by atoms with E-state index in [0.717, 1.165) is 22.0 Å². The van der Waals surface area contributed by atoms with E-state index in [1.165, 1.54) is 5.56 Å². The molecule has 0 aliphatic heterocycles. The molecule has 0 fully saturated rings. The van der Waals surface area contributed by atoms with Gasteiger partial charge in [-0.3, -0.25) is 0 Å². The molecule has 24 heavy (non-hydrogen) atoms. The van der Waals surface area contributed by atoms with Crippen LogP contribution in [0.25, 0.3) is 11.1 Å². The second-order valence-electron chi connectivity index (χ2n) is 5.76. The maximum Gasteiger partial charge on any atom is 0.191 e. The van der Waals surface area contributed by atoms with Gasteiger partial charge in [0.1, 0.15) is 6.33 Å². The standard InChI is InChI=1S/C19H18N4S/c1-14(2)23-13-21-22-19(23)24-12-15-7-9-16(10-8-15)18-6-4-3-5-17(18)11-20/h3-10,13-14H,12H2,1-2H3. The number of hydrogen-bond acceptors (Lipinski definition) is 4. The van der Waals surface area contributed by atoms with Crippen LogP contribution in [0.4, 0.5) is 0 Å². The molecule has 3 rings (SSSR count). The summed E-state index contributed by atoms with van der Waals surface area (Å²) in [6.45, 7) is 4.24. The zero-order valence-corrected chi connectivity index (χ0v) is 14.5. The first-order valence-electron chi connectivity index (χ1n) is 7.80. The molecule has 0 bridgehead atoms. The molecule has 0 atom stereocenters. The summed E-state index contributed by atoms with van der Waals surface area (Å²) in [6, 6.07) is 18.6. The molecule has 5 heteroatoms. The lowest BCUT2D eigenvalue weighted by Crippen LogP contribution is -2.00. The van der Waals surface area contributed by atoms with E-state index in [1.54, 1.807) is 18.1 Å². The highest BCUT2D eigenvalue weighted by molar-refractivity contribution is 7.98. The van der Waals surface area contributed by atoms with Crippen molar-refractivity contribution in [1.29, 1.82) is 5.26 Å². The monoisotopic (exact) mass is 334 g/mol. The lowest BCUT2D eigenvalue weighted by molar-refractivity contribution is 0.549. The Morgan fingerprint density at radius 2 is 1.88 bits per heavy atom. The van der Waals surface area contributed by atoms with Crippen molar-refractivity contribution in [2.45, 2.75) is 30.8 Å². The summed E-state index contributed by atoms with van der Waals surface area (Å²) in [4.78, 5) is 0. The Morgan fingerprint density at radius 1 is 1.12 bits per heavy atom. The molecule has 0 saturated heterocycles. The van der Waals surface area contributed by atoms with Crippen LogP contribution in [-0.2, 0) is 5.75 Å². The molecule has 0 spiro atoms. The smallest absolute Gasteiger partial charge is 0.191 e. The van der Waals surface area contributed by atoms with Crippen molar-refractivity contribution in [3.63, 3.8) is 0 Å². The van der Waals surface area contributed by atoms with Gasteiger partial charge in [-0.1, -0.05) is 54.2 Å². The minimum absolute atomic E-state index is 0.354. The van der Waals surface area contributed by atoms with Crippen LogP contribution >= 0.6 is 11.8 Å². The zero-order valence-electron chi connectivity index (χ0n) is 13.7. The first-order chi connectivity index (χ1) is 11.7. The predicted octanol–water partition coefficient (Wildman–Crippen LogP) is 4.69. The summed E-state index contributed by atoms with van der Waals surface area (Å²) >= 11 is 1.68. The van der Waals surface area contributed by atoms with Crippen molar-refractivity contribution in [2.75, 3.05) is 0 Å². The fraction of sp³-hybridized carbons (Fsp3) is 0.211. The van der Waals surface area contributed by atoms with Gasteiger partial charge in [0.05, 0.1) is 11.6 Å². The van der Waals surface area contributed by atoms with Gasteiger partial charge in [-0.15, -0.1) is 10.2 Å². The second-order valence-corrected chi connectivity index (χ2v) is 6.70. The van der Waals surface area contributed by atoms with E-state index in [2.05, 4.69) is 58.9 Å². The lowest BCUT2D eigenvalue weighted by Gasteiger charge is -2.09. The Bertz CT molecular complexity index is 860. The van der Waals surface area contributed by atoms with E-state index >= 15 is 0 Å². The molecule has 0 radical (unpaired) electrons. The Labute approximate surface area is 146 Å². The van der Waals surface area contributed by atoms with Crippen LogP contribution in [0.3, 0.4) is 0 Å². The molecule has 0 unspecified atom stereocenters. The van der Waals surface area contributed by atoms with Gasteiger partial charge in [0, 0.05) is 11.8 Å². The molecule has 1 aromatic heterocycles. The highest BCUT2D eigenvalue weighted by Gasteiger charge is 2.08. The van der Waals surface area contributed by atoms with Gasteiger partial charge in [0.2, 0.25) is 0 Å². The number of benzene rings is 2. The van der Waals surface area contributed by atoms with Gasteiger partial charge in [0.15, 0.2) is 5.16 Å². The molecule has 0 aliphatic carbocycles. The maximum atomic E-state index is 9.23. The van der Waals surface area contributed by atoms with E-state index in [1.807, 2.05) is 24.3 Å². The van der Waals surface area contributed by atoms with Crippen molar-refractivity contribution in [3.05, 3.63) is 66.0 Å². The van der Waals surface area contributed by atoms with E-state index in [0.29, 0.717) is 11.6 Å². The first kappa shape index (κ1) is 16.3. The third-order valence-electron chi connectivity index (χ3n) is 3.78. The lowest BCUT2D eigenvalue weighted by atomic mass is 10.00. The van der Waals surface area contributed by atoms with Gasteiger partial charge in [0.25, 0.3) is 0 Å². The Balaban J connectivity index is 1.73. The molecule has 0 amide bonds. The third kappa shape index (κ3) is 3.50. The highest BCUT2D eigenvalue weighted by atomic mass is 32.2. The number of hydrogen-bond donors (Lipinski definition) is 0. The van der Waals surface area contributed by atoms with E-state index < -0.39 is 0 Å². The molecule has 0 saturated carbocycles. The maximum absolute atomic E-state index is 9.23. The Morgan fingerprint density at radius 3 is 2.58 bits per heavy atom. The van der Waals surface area contributed by atoms with Crippen LogP contribution in [-0.4, -0.2) is 14.8 Å². The number of thioether (sulfide) groups is 1. The predicted molar refractivity (Wildman–Crippen MR) is 96.6 cm³/mol. The summed E-state index contributed by atoms with van der Waals surface area (Å²) in [6.07, 6.45) is 1.77. The number of nitrogens with zero attached hydrogens (tertiary/aromatic N) is 4. The second kappa shape index (κ2) is 7.33. The molecule has 0 N–H and O–H groups in total. The van der Waals surface area contributed by atoms with Crippen molar-refractivity contribution in [1.82, 2.24) is 14.8 Å². The molecule has 120 valence electrons. The van der Waals surface area contributed by atoms with Crippen LogP contribution in [0.2, 0.25) is 0 Å². The van der Waals surface area contributed by atoms with Crippen LogP contribution in [0.1, 0.15) is 31.0 Å². The molecule has 1 heterocycles. The number of rotatable bonds is 5. The minimum atomic E-state index is 0.354. The summed E-state index contributed by atoms with van der Waals surface area (Å²) in [5, 5.41) is 18.3. The Kier molecular flexibility index (Phi) is 4.97. The highest BCUT2D eigenvalue weighted by Crippen LogP contribution is 2.26. The summed E-state index contributed by atoms with van der Waals surface area (Å²) in [7, 11) is 0. The van der Waals surface area contributed by atoms with Gasteiger partial charge in [-0.2, -0.15) is 5.26 Å². The van der Waals surface area contributed by atoms with Crippen molar-refractivity contribution in [2.24, 2.45) is 0 Å². The fourth-order valence-corrected chi connectivity index (χ4v) is 3.45. The van der Waals surface area contributed by atoms with E-state index in [9.17, 15) is 5.26 Å². The molecule has 3 aromatic rings. The summed E-state index contributed by atoms with van der Waals surface area (Å²) in [5.41, 5.74) is 3.95. The van der Waals surface area contributed by atoms with Crippen LogP contribution in [0.15, 0.2) is 60.0 Å². The quantitative estimate of drug-likeness (QED) is 0.635. The van der Waals surface area contributed by atoms with Gasteiger partial charge < -0.3 is 4.57 Å². The normalized spacial score (nSPS) is 10.8. The minimum Gasteiger partial charge on any atom is -0.306 e. The number of nitriles is 1. The van der Waals surface area contributed by atoms with E-state index in [-0.39, 0.29) is 0 Å². The van der Waals surface area contributed by atoms with Crippen molar-refractivity contribution < 1.29 is 0 Å². The van der Waals surface area contributed by atoms with Gasteiger partial charge >= 0.3 is 0 Å². The largest absolute Gasteiger partial charge is 0.306 e. The molecule has 2 aromatic carbocycles.